The summed E-state index contributed by atoms with van der Waals surface area (Å²) >= 11 is 3.02. The highest BCUT2D eigenvalue weighted by atomic mass is 79.9. The van der Waals surface area contributed by atoms with Gasteiger partial charge < -0.3 is 20.3 Å². The summed E-state index contributed by atoms with van der Waals surface area (Å²) in [7, 11) is 2.03. The Balaban J connectivity index is 2.02. The van der Waals surface area contributed by atoms with E-state index in [1.54, 1.807) is 0 Å². The zero-order valence-electron chi connectivity index (χ0n) is 10.4. The van der Waals surface area contributed by atoms with Crippen LogP contribution in [-0.4, -0.2) is 52.1 Å². The smallest absolute Gasteiger partial charge is 0.357 e. The third-order valence-corrected chi connectivity index (χ3v) is 3.89. The van der Waals surface area contributed by atoms with Gasteiger partial charge in [-0.15, -0.1) is 5.10 Å². The maximum absolute atomic E-state index is 12.0. The van der Waals surface area contributed by atoms with Gasteiger partial charge in [0.25, 0.3) is 5.91 Å². The molecule has 2 rings (SSSR count). The van der Waals surface area contributed by atoms with Crippen LogP contribution in [0.15, 0.2) is 4.47 Å². The van der Waals surface area contributed by atoms with Crippen molar-refractivity contribution in [2.24, 2.45) is 0 Å². The number of likely N-dealkylation sites (tertiary alicyclic amines) is 1. The molecule has 0 aliphatic carbocycles. The number of amides is 1. The molecule has 1 amide bonds. The number of carbonyl (C=O) groups excluding carboxylic acids is 1. The molecule has 104 valence electrons. The maximum Gasteiger partial charge on any atom is 0.357 e. The Bertz CT molecular complexity index is 495. The first-order valence-electron chi connectivity index (χ1n) is 5.86. The lowest BCUT2D eigenvalue weighted by Gasteiger charge is -2.29. The molecular formula is C10H14BrN5O3. The molecule has 2 N–H and O–H groups in total. The van der Waals surface area contributed by atoms with Crippen molar-refractivity contribution in [1.29, 1.82) is 0 Å². The van der Waals surface area contributed by atoms with Gasteiger partial charge in [0, 0.05) is 6.04 Å². The Hall–Kier alpha value is -1.48. The Labute approximate surface area is 117 Å². The average molecular weight is 332 g/mol. The minimum absolute atomic E-state index is 0.0191. The molecule has 0 bridgehead atoms. The highest BCUT2D eigenvalue weighted by molar-refractivity contribution is 9.10. The van der Waals surface area contributed by atoms with E-state index in [0.29, 0.717) is 0 Å². The Morgan fingerprint density at radius 2 is 2.21 bits per heavy atom. The zero-order chi connectivity index (χ0) is 14.0. The van der Waals surface area contributed by atoms with E-state index >= 15 is 0 Å². The van der Waals surface area contributed by atoms with Crippen LogP contribution >= 0.6 is 15.9 Å². The molecule has 1 aliphatic heterocycles. The van der Waals surface area contributed by atoms with E-state index in [2.05, 4.69) is 36.3 Å². The molecule has 1 saturated heterocycles. The molecule has 1 aliphatic rings. The zero-order valence-corrected chi connectivity index (χ0v) is 11.9. The van der Waals surface area contributed by atoms with Crippen LogP contribution in [0.3, 0.4) is 0 Å². The molecular weight excluding hydrogens is 318 g/mol. The second kappa shape index (κ2) is 5.66. The molecule has 2 heterocycles. The average Bonchev–Trinajstić information content (AvgIpc) is 2.74. The van der Waals surface area contributed by atoms with E-state index in [0.717, 1.165) is 25.9 Å². The standard InChI is InChI=1S/C10H14BrN5O3/c1-15-4-2-6(3-5-15)12-10(17)8-7(11)9(14-13-8)16(18)19/h6H,2-5H2,1H3,(H,12,17)(H,13,14). The number of aromatic amines is 1. The fourth-order valence-electron chi connectivity index (χ4n) is 2.00. The molecule has 0 spiro atoms. The Morgan fingerprint density at radius 1 is 1.58 bits per heavy atom. The highest BCUT2D eigenvalue weighted by Crippen LogP contribution is 2.25. The molecule has 0 radical (unpaired) electrons. The largest absolute Gasteiger partial charge is 0.358 e. The minimum Gasteiger partial charge on any atom is -0.358 e. The first-order valence-corrected chi connectivity index (χ1v) is 6.66. The first-order chi connectivity index (χ1) is 8.99. The van der Waals surface area contributed by atoms with Crippen molar-refractivity contribution in [3.05, 3.63) is 20.3 Å². The predicted octanol–water partition coefficient (Wildman–Crippen LogP) is 0.904. The normalized spacial score (nSPS) is 17.4. The van der Waals surface area contributed by atoms with Crippen molar-refractivity contribution in [3.63, 3.8) is 0 Å². The lowest BCUT2D eigenvalue weighted by Crippen LogP contribution is -2.43. The molecule has 0 aromatic carbocycles. The van der Waals surface area contributed by atoms with Crippen LogP contribution < -0.4 is 5.32 Å². The van der Waals surface area contributed by atoms with Gasteiger partial charge in [0.15, 0.2) is 5.69 Å². The number of carbonyl (C=O) groups is 1. The van der Waals surface area contributed by atoms with Crippen molar-refractivity contribution in [3.8, 4) is 0 Å². The van der Waals surface area contributed by atoms with Gasteiger partial charge in [0.05, 0.1) is 0 Å². The van der Waals surface area contributed by atoms with Gasteiger partial charge in [-0.05, 0) is 53.8 Å². The van der Waals surface area contributed by atoms with Crippen molar-refractivity contribution in [2.45, 2.75) is 18.9 Å². The summed E-state index contributed by atoms with van der Waals surface area (Å²) in [4.78, 5) is 24.2. The Kier molecular flexibility index (Phi) is 4.15. The number of nitro groups is 1. The molecule has 19 heavy (non-hydrogen) atoms. The summed E-state index contributed by atoms with van der Waals surface area (Å²) in [5, 5.41) is 19.4. The Morgan fingerprint density at radius 3 is 2.74 bits per heavy atom. The molecule has 0 saturated carbocycles. The van der Waals surface area contributed by atoms with E-state index in [1.165, 1.54) is 0 Å². The van der Waals surface area contributed by atoms with Gasteiger partial charge in [0.1, 0.15) is 4.47 Å². The number of hydrogen-bond donors (Lipinski definition) is 2. The predicted molar refractivity (Wildman–Crippen MR) is 70.9 cm³/mol. The number of aromatic nitrogens is 2. The third kappa shape index (κ3) is 3.10. The molecule has 0 unspecified atom stereocenters. The van der Waals surface area contributed by atoms with Crippen LogP contribution in [0.25, 0.3) is 0 Å². The van der Waals surface area contributed by atoms with E-state index in [1.807, 2.05) is 7.05 Å². The van der Waals surface area contributed by atoms with E-state index < -0.39 is 10.8 Å². The number of hydrogen-bond acceptors (Lipinski definition) is 5. The first kappa shape index (κ1) is 13.9. The van der Waals surface area contributed by atoms with Crippen LogP contribution in [0.4, 0.5) is 5.82 Å². The highest BCUT2D eigenvalue weighted by Gasteiger charge is 2.27. The van der Waals surface area contributed by atoms with Crippen molar-refractivity contribution >= 4 is 27.7 Å². The van der Waals surface area contributed by atoms with Gasteiger partial charge in [-0.1, -0.05) is 5.10 Å². The summed E-state index contributed by atoms with van der Waals surface area (Å²) in [5.74, 6) is -0.709. The number of nitrogens with one attached hydrogen (secondary N) is 2. The van der Waals surface area contributed by atoms with Gasteiger partial charge in [-0.2, -0.15) is 0 Å². The number of nitrogens with zero attached hydrogens (tertiary/aromatic N) is 3. The van der Waals surface area contributed by atoms with Gasteiger partial charge in [0.2, 0.25) is 0 Å². The monoisotopic (exact) mass is 331 g/mol. The van der Waals surface area contributed by atoms with Gasteiger partial charge >= 0.3 is 5.82 Å². The van der Waals surface area contributed by atoms with Crippen LogP contribution in [0, 0.1) is 10.1 Å². The number of rotatable bonds is 3. The second-order valence-corrected chi connectivity index (χ2v) is 5.34. The van der Waals surface area contributed by atoms with Crippen molar-refractivity contribution < 1.29 is 9.72 Å². The summed E-state index contributed by atoms with van der Waals surface area (Å²) in [6, 6.07) is 0.0892. The topological polar surface area (TPSA) is 104 Å². The van der Waals surface area contributed by atoms with Crippen molar-refractivity contribution in [2.75, 3.05) is 20.1 Å². The molecule has 1 aromatic heterocycles. The molecule has 1 fully saturated rings. The summed E-state index contributed by atoms with van der Waals surface area (Å²) < 4.78 is 0.0860. The lowest BCUT2D eigenvalue weighted by atomic mass is 10.1. The summed E-state index contributed by atoms with van der Waals surface area (Å²) in [6.07, 6.45) is 1.73. The van der Waals surface area contributed by atoms with Crippen molar-refractivity contribution in [1.82, 2.24) is 20.4 Å². The fraction of sp³-hybridized carbons (Fsp3) is 0.600. The second-order valence-electron chi connectivity index (χ2n) is 4.54. The van der Waals surface area contributed by atoms with E-state index in [9.17, 15) is 14.9 Å². The summed E-state index contributed by atoms with van der Waals surface area (Å²) in [5.41, 5.74) is 0.0191. The van der Waals surface area contributed by atoms with Crippen LogP contribution in [0.1, 0.15) is 23.3 Å². The van der Waals surface area contributed by atoms with E-state index in [4.69, 9.17) is 0 Å². The molecule has 8 nitrogen and oxygen atoms in total. The van der Waals surface area contributed by atoms with Crippen LogP contribution in [-0.2, 0) is 0 Å². The quantitative estimate of drug-likeness (QED) is 0.632. The molecule has 1 aromatic rings. The minimum atomic E-state index is -0.622. The third-order valence-electron chi connectivity index (χ3n) is 3.14. The number of halogens is 1. The fourth-order valence-corrected chi connectivity index (χ4v) is 2.50. The SMILES string of the molecule is CN1CCC(NC(=O)c2n[nH]c([N+](=O)[O-])c2Br)CC1. The van der Waals surface area contributed by atoms with Crippen LogP contribution in [0.2, 0.25) is 0 Å². The maximum atomic E-state index is 12.0. The van der Waals surface area contributed by atoms with Gasteiger partial charge in [-0.25, -0.2) is 0 Å². The number of piperidine rings is 1. The van der Waals surface area contributed by atoms with Crippen LogP contribution in [0.5, 0.6) is 0 Å². The molecule has 9 heteroatoms. The van der Waals surface area contributed by atoms with Gasteiger partial charge in [-0.3, -0.25) is 4.79 Å². The molecule has 0 atom stereocenters. The lowest BCUT2D eigenvalue weighted by molar-refractivity contribution is -0.390. The number of H-pyrrole nitrogens is 1. The summed E-state index contributed by atoms with van der Waals surface area (Å²) in [6.45, 7) is 1.85. The van der Waals surface area contributed by atoms with E-state index in [-0.39, 0.29) is 22.0 Å².